The minimum atomic E-state index is -0.121. The molecule has 3 N–H and O–H groups in total. The van der Waals surface area contributed by atoms with Gasteiger partial charge in [-0.25, -0.2) is 0 Å². The van der Waals surface area contributed by atoms with Gasteiger partial charge in [0, 0.05) is 37.0 Å². The predicted molar refractivity (Wildman–Crippen MR) is 93.7 cm³/mol. The first-order valence-corrected chi connectivity index (χ1v) is 7.51. The van der Waals surface area contributed by atoms with Crippen LogP contribution in [0.4, 0.5) is 17.1 Å². The predicted octanol–water partition coefficient (Wildman–Crippen LogP) is 3.39. The van der Waals surface area contributed by atoms with E-state index in [0.29, 0.717) is 24.3 Å². The fourth-order valence-corrected chi connectivity index (χ4v) is 2.15. The first-order chi connectivity index (χ1) is 11.0. The Bertz CT molecular complexity index is 681. The van der Waals surface area contributed by atoms with Gasteiger partial charge in [-0.15, -0.1) is 0 Å². The molecule has 0 bridgehead atoms. The average Bonchev–Trinajstić information content (AvgIpc) is 2.51. The maximum atomic E-state index is 11.9. The van der Waals surface area contributed by atoms with E-state index < -0.39 is 0 Å². The lowest BCUT2D eigenvalue weighted by molar-refractivity contribution is -0.116. The maximum absolute atomic E-state index is 11.9. The van der Waals surface area contributed by atoms with Crippen molar-refractivity contribution in [2.75, 3.05) is 22.5 Å². The quantitative estimate of drug-likeness (QED) is 0.766. The molecule has 2 aromatic carbocycles. The number of hydrogen-bond acceptors (Lipinski definition) is 3. The molecule has 0 fully saturated rings. The van der Waals surface area contributed by atoms with Crippen molar-refractivity contribution >= 4 is 28.9 Å². The summed E-state index contributed by atoms with van der Waals surface area (Å²) in [6.07, 6.45) is 0.377. The van der Waals surface area contributed by atoms with Gasteiger partial charge in [-0.1, -0.05) is 18.2 Å². The number of carbonyl (C=O) groups excluding carboxylic acids is 2. The molecule has 2 aromatic rings. The van der Waals surface area contributed by atoms with Crippen LogP contribution in [0.5, 0.6) is 0 Å². The monoisotopic (exact) mass is 311 g/mol. The Morgan fingerprint density at radius 2 is 1.52 bits per heavy atom. The summed E-state index contributed by atoms with van der Waals surface area (Å²) in [5.41, 5.74) is 3.61. The zero-order valence-corrected chi connectivity index (χ0v) is 13.3. The minimum absolute atomic E-state index is 0.0571. The molecule has 0 spiro atoms. The van der Waals surface area contributed by atoms with Gasteiger partial charge < -0.3 is 16.0 Å². The van der Waals surface area contributed by atoms with E-state index in [-0.39, 0.29) is 11.8 Å². The van der Waals surface area contributed by atoms with Crippen molar-refractivity contribution in [1.82, 2.24) is 0 Å². The van der Waals surface area contributed by atoms with E-state index in [0.717, 1.165) is 11.3 Å². The number of para-hydroxylation sites is 1. The van der Waals surface area contributed by atoms with Crippen molar-refractivity contribution in [3.05, 3.63) is 54.1 Å². The Morgan fingerprint density at radius 1 is 0.913 bits per heavy atom. The molecular weight excluding hydrogens is 290 g/mol. The van der Waals surface area contributed by atoms with Crippen LogP contribution in [0.1, 0.15) is 18.9 Å². The van der Waals surface area contributed by atoms with E-state index in [2.05, 4.69) is 16.0 Å². The molecule has 23 heavy (non-hydrogen) atoms. The third-order valence-corrected chi connectivity index (χ3v) is 3.30. The fraction of sp³-hybridized carbons (Fsp3) is 0.222. The Labute approximate surface area is 136 Å². The molecule has 120 valence electrons. The van der Waals surface area contributed by atoms with Crippen molar-refractivity contribution < 1.29 is 9.59 Å². The fourth-order valence-electron chi connectivity index (χ4n) is 2.15. The normalized spacial score (nSPS) is 10.0. The highest BCUT2D eigenvalue weighted by Gasteiger charge is 2.03. The summed E-state index contributed by atoms with van der Waals surface area (Å²) in [5, 5.41) is 8.77. The van der Waals surface area contributed by atoms with Gasteiger partial charge in [0.2, 0.25) is 11.8 Å². The van der Waals surface area contributed by atoms with Gasteiger partial charge >= 0.3 is 0 Å². The van der Waals surface area contributed by atoms with E-state index in [1.54, 1.807) is 24.3 Å². The van der Waals surface area contributed by atoms with Gasteiger partial charge in [-0.3, -0.25) is 9.59 Å². The second-order valence-corrected chi connectivity index (χ2v) is 5.30. The zero-order chi connectivity index (χ0) is 16.7. The lowest BCUT2D eigenvalue weighted by Gasteiger charge is -2.10. The van der Waals surface area contributed by atoms with E-state index in [4.69, 9.17) is 0 Å². The third kappa shape index (κ3) is 5.47. The standard InChI is InChI=1S/C18H21N3O2/c1-13-5-3-4-6-17(13)19-12-11-18(23)21-16-9-7-15(8-10-16)20-14(2)22/h3-10,19H,11-12H2,1-2H3,(H,20,22)(H,21,23). The summed E-state index contributed by atoms with van der Waals surface area (Å²) < 4.78 is 0. The summed E-state index contributed by atoms with van der Waals surface area (Å²) in [6, 6.07) is 15.0. The Balaban J connectivity index is 1.78. The summed E-state index contributed by atoms with van der Waals surface area (Å²) >= 11 is 0. The van der Waals surface area contributed by atoms with Crippen LogP contribution in [0.15, 0.2) is 48.5 Å². The number of anilines is 3. The summed E-state index contributed by atoms with van der Waals surface area (Å²) in [7, 11) is 0. The molecule has 0 aliphatic carbocycles. The van der Waals surface area contributed by atoms with Crippen molar-refractivity contribution in [3.63, 3.8) is 0 Å². The molecule has 5 heteroatoms. The number of hydrogen-bond donors (Lipinski definition) is 3. The zero-order valence-electron chi connectivity index (χ0n) is 13.3. The number of aryl methyl sites for hydroxylation is 1. The minimum Gasteiger partial charge on any atom is -0.384 e. The molecule has 5 nitrogen and oxygen atoms in total. The molecule has 2 rings (SSSR count). The van der Waals surface area contributed by atoms with Gasteiger partial charge in [0.15, 0.2) is 0 Å². The van der Waals surface area contributed by atoms with E-state index in [1.807, 2.05) is 31.2 Å². The molecule has 2 amide bonds. The molecule has 0 aromatic heterocycles. The molecule has 0 aliphatic heterocycles. The lowest BCUT2D eigenvalue weighted by atomic mass is 10.2. The second-order valence-electron chi connectivity index (χ2n) is 5.30. The molecule has 0 aliphatic rings. The van der Waals surface area contributed by atoms with E-state index in [1.165, 1.54) is 6.92 Å². The third-order valence-electron chi connectivity index (χ3n) is 3.30. The van der Waals surface area contributed by atoms with Crippen LogP contribution in [0.25, 0.3) is 0 Å². The number of nitrogens with one attached hydrogen (secondary N) is 3. The summed E-state index contributed by atoms with van der Waals surface area (Å²) in [5.74, 6) is -0.178. The van der Waals surface area contributed by atoms with Crippen LogP contribution in [0, 0.1) is 6.92 Å². The van der Waals surface area contributed by atoms with Crippen molar-refractivity contribution in [2.45, 2.75) is 20.3 Å². The van der Waals surface area contributed by atoms with E-state index >= 15 is 0 Å². The molecule has 0 saturated carbocycles. The first kappa shape index (κ1) is 16.5. The highest BCUT2D eigenvalue weighted by atomic mass is 16.2. The van der Waals surface area contributed by atoms with Crippen LogP contribution in [0.2, 0.25) is 0 Å². The second kappa shape index (κ2) is 7.98. The lowest BCUT2D eigenvalue weighted by Crippen LogP contribution is -2.16. The van der Waals surface area contributed by atoms with Crippen molar-refractivity contribution in [1.29, 1.82) is 0 Å². The van der Waals surface area contributed by atoms with Gasteiger partial charge in [0.05, 0.1) is 0 Å². The highest BCUT2D eigenvalue weighted by Crippen LogP contribution is 2.15. The molecule has 0 heterocycles. The number of rotatable bonds is 6. The van der Waals surface area contributed by atoms with Crippen molar-refractivity contribution in [3.8, 4) is 0 Å². The SMILES string of the molecule is CC(=O)Nc1ccc(NC(=O)CCNc2ccccc2C)cc1. The van der Waals surface area contributed by atoms with E-state index in [9.17, 15) is 9.59 Å². The Kier molecular flexibility index (Phi) is 5.74. The van der Waals surface area contributed by atoms with Crippen LogP contribution < -0.4 is 16.0 Å². The van der Waals surface area contributed by atoms with Crippen LogP contribution in [0.3, 0.4) is 0 Å². The molecular formula is C18H21N3O2. The molecule has 0 saturated heterocycles. The van der Waals surface area contributed by atoms with Crippen LogP contribution in [-0.4, -0.2) is 18.4 Å². The Morgan fingerprint density at radius 3 is 2.13 bits per heavy atom. The number of amides is 2. The molecule has 0 atom stereocenters. The van der Waals surface area contributed by atoms with Crippen molar-refractivity contribution in [2.24, 2.45) is 0 Å². The summed E-state index contributed by atoms with van der Waals surface area (Å²) in [6.45, 7) is 4.05. The van der Waals surface area contributed by atoms with Gasteiger partial charge in [0.1, 0.15) is 0 Å². The van der Waals surface area contributed by atoms with Gasteiger partial charge in [-0.2, -0.15) is 0 Å². The number of carbonyl (C=O) groups is 2. The smallest absolute Gasteiger partial charge is 0.226 e. The van der Waals surface area contributed by atoms with Crippen LogP contribution in [-0.2, 0) is 9.59 Å². The number of benzene rings is 2. The largest absolute Gasteiger partial charge is 0.384 e. The topological polar surface area (TPSA) is 70.2 Å². The average molecular weight is 311 g/mol. The van der Waals surface area contributed by atoms with Gasteiger partial charge in [0.25, 0.3) is 0 Å². The first-order valence-electron chi connectivity index (χ1n) is 7.51. The van der Waals surface area contributed by atoms with Crippen LogP contribution >= 0.6 is 0 Å². The molecule has 0 radical (unpaired) electrons. The van der Waals surface area contributed by atoms with Gasteiger partial charge in [-0.05, 0) is 42.8 Å². The highest BCUT2D eigenvalue weighted by molar-refractivity contribution is 5.92. The maximum Gasteiger partial charge on any atom is 0.226 e. The molecule has 0 unspecified atom stereocenters. The summed E-state index contributed by atoms with van der Waals surface area (Å²) in [4.78, 5) is 22.9. The Hall–Kier alpha value is -2.82.